The average Bonchev–Trinajstić information content (AvgIpc) is 3.08. The number of benzene rings is 1. The summed E-state index contributed by atoms with van der Waals surface area (Å²) >= 11 is 0. The number of pyridine rings is 1. The second-order valence-electron chi connectivity index (χ2n) is 5.85. The molecule has 0 bridgehead atoms. The first-order valence-electron chi connectivity index (χ1n) is 7.92. The van der Waals surface area contributed by atoms with Crippen LogP contribution in [0.5, 0.6) is 5.75 Å². The van der Waals surface area contributed by atoms with Gasteiger partial charge in [0.15, 0.2) is 0 Å². The number of phenols is 1. The maximum absolute atomic E-state index is 14.1. The van der Waals surface area contributed by atoms with E-state index in [-0.39, 0.29) is 17.4 Å². The van der Waals surface area contributed by atoms with Crippen molar-refractivity contribution >= 4 is 5.91 Å². The minimum Gasteiger partial charge on any atom is -0.508 e. The van der Waals surface area contributed by atoms with E-state index in [1.54, 1.807) is 23.4 Å². The summed E-state index contributed by atoms with van der Waals surface area (Å²) in [7, 11) is 0. The van der Waals surface area contributed by atoms with E-state index in [1.807, 2.05) is 6.07 Å². The molecule has 2 aromatic rings. The number of hydrogen-bond donors (Lipinski definition) is 1. The van der Waals surface area contributed by atoms with Gasteiger partial charge in [-0.05, 0) is 36.6 Å². The van der Waals surface area contributed by atoms with Crippen molar-refractivity contribution in [2.24, 2.45) is 0 Å². The number of carbonyl (C=O) groups is 1. The number of carbonyl (C=O) groups excluding carboxylic acids is 1. The van der Waals surface area contributed by atoms with Crippen LogP contribution in [0.3, 0.4) is 0 Å². The monoisotopic (exact) mass is 330 g/mol. The molecule has 1 aromatic heterocycles. The largest absolute Gasteiger partial charge is 0.508 e. The predicted octanol–water partition coefficient (Wildman–Crippen LogP) is 2.75. The molecule has 1 amide bonds. The molecule has 0 spiro atoms. The van der Waals surface area contributed by atoms with Crippen LogP contribution in [0.2, 0.25) is 0 Å². The Morgan fingerprint density at radius 2 is 2.29 bits per heavy atom. The molecule has 5 nitrogen and oxygen atoms in total. The van der Waals surface area contributed by atoms with Crippen LogP contribution in [-0.4, -0.2) is 40.2 Å². The van der Waals surface area contributed by atoms with Crippen LogP contribution in [-0.2, 0) is 11.3 Å². The fraction of sp³-hybridized carbons (Fsp3) is 0.333. The molecule has 2 heterocycles. The zero-order valence-corrected chi connectivity index (χ0v) is 13.2. The Hall–Kier alpha value is -2.47. The third-order valence-electron chi connectivity index (χ3n) is 4.01. The first-order chi connectivity index (χ1) is 11.6. The highest BCUT2D eigenvalue weighted by Crippen LogP contribution is 2.20. The van der Waals surface area contributed by atoms with E-state index in [0.717, 1.165) is 24.5 Å². The van der Waals surface area contributed by atoms with Crippen molar-refractivity contribution in [2.75, 3.05) is 13.2 Å². The summed E-state index contributed by atoms with van der Waals surface area (Å²) in [4.78, 5) is 18.4. The van der Waals surface area contributed by atoms with Gasteiger partial charge in [0.05, 0.1) is 11.7 Å². The van der Waals surface area contributed by atoms with E-state index in [9.17, 15) is 14.3 Å². The zero-order chi connectivity index (χ0) is 16.9. The van der Waals surface area contributed by atoms with Gasteiger partial charge in [0, 0.05) is 38.2 Å². The first-order valence-corrected chi connectivity index (χ1v) is 7.92. The second kappa shape index (κ2) is 7.40. The number of halogens is 1. The van der Waals surface area contributed by atoms with Gasteiger partial charge in [0.1, 0.15) is 11.6 Å². The first kappa shape index (κ1) is 16.4. The van der Waals surface area contributed by atoms with Crippen LogP contribution in [0.15, 0.2) is 42.7 Å². The van der Waals surface area contributed by atoms with Crippen molar-refractivity contribution in [3.63, 3.8) is 0 Å². The summed E-state index contributed by atoms with van der Waals surface area (Å²) in [6.45, 7) is 1.41. The Morgan fingerprint density at radius 3 is 2.96 bits per heavy atom. The SMILES string of the molecule is O=C(c1ccc(O)cc1F)N(Cc1cccnc1)CC1CCCO1. The minimum atomic E-state index is -0.733. The molecule has 1 aliphatic rings. The molecule has 1 fully saturated rings. The summed E-state index contributed by atoms with van der Waals surface area (Å²) in [6.07, 6.45) is 5.16. The van der Waals surface area contributed by atoms with E-state index in [1.165, 1.54) is 12.1 Å². The molecule has 0 radical (unpaired) electrons. The van der Waals surface area contributed by atoms with Gasteiger partial charge in [-0.3, -0.25) is 9.78 Å². The van der Waals surface area contributed by atoms with E-state index >= 15 is 0 Å². The Kier molecular flexibility index (Phi) is 5.05. The minimum absolute atomic E-state index is 0.0363. The Bertz CT molecular complexity index is 703. The van der Waals surface area contributed by atoms with Gasteiger partial charge in [0.25, 0.3) is 5.91 Å². The lowest BCUT2D eigenvalue weighted by atomic mass is 10.1. The molecular weight excluding hydrogens is 311 g/mol. The van der Waals surface area contributed by atoms with Gasteiger partial charge < -0.3 is 14.7 Å². The van der Waals surface area contributed by atoms with Gasteiger partial charge in [-0.2, -0.15) is 0 Å². The predicted molar refractivity (Wildman–Crippen MR) is 86.0 cm³/mol. The number of phenolic OH excluding ortho intramolecular Hbond substituents is 1. The molecule has 6 heteroatoms. The highest BCUT2D eigenvalue weighted by Gasteiger charge is 2.25. The molecule has 24 heavy (non-hydrogen) atoms. The zero-order valence-electron chi connectivity index (χ0n) is 13.2. The number of hydrogen-bond acceptors (Lipinski definition) is 4. The number of amides is 1. The van der Waals surface area contributed by atoms with Gasteiger partial charge in [-0.15, -0.1) is 0 Å². The average molecular weight is 330 g/mol. The molecule has 1 saturated heterocycles. The molecule has 1 atom stereocenters. The third-order valence-corrected chi connectivity index (χ3v) is 4.01. The fourth-order valence-corrected chi connectivity index (χ4v) is 2.81. The Labute approximate surface area is 139 Å². The van der Waals surface area contributed by atoms with E-state index in [4.69, 9.17) is 4.74 Å². The molecule has 1 unspecified atom stereocenters. The number of ether oxygens (including phenoxy) is 1. The highest BCUT2D eigenvalue weighted by atomic mass is 19.1. The molecule has 0 saturated carbocycles. The van der Waals surface area contributed by atoms with Crippen molar-refractivity contribution in [1.82, 2.24) is 9.88 Å². The molecular formula is C18H19FN2O3. The van der Waals surface area contributed by atoms with Crippen molar-refractivity contribution in [3.05, 3.63) is 59.7 Å². The smallest absolute Gasteiger partial charge is 0.257 e. The maximum Gasteiger partial charge on any atom is 0.257 e. The lowest BCUT2D eigenvalue weighted by molar-refractivity contribution is 0.0503. The van der Waals surface area contributed by atoms with Crippen molar-refractivity contribution < 1.29 is 19.0 Å². The summed E-state index contributed by atoms with van der Waals surface area (Å²) < 4.78 is 19.7. The van der Waals surface area contributed by atoms with E-state index < -0.39 is 11.7 Å². The van der Waals surface area contributed by atoms with Gasteiger partial charge in [0.2, 0.25) is 0 Å². The quantitative estimate of drug-likeness (QED) is 0.916. The van der Waals surface area contributed by atoms with E-state index in [0.29, 0.717) is 19.7 Å². The van der Waals surface area contributed by atoms with Crippen molar-refractivity contribution in [2.45, 2.75) is 25.5 Å². The van der Waals surface area contributed by atoms with E-state index in [2.05, 4.69) is 4.98 Å². The van der Waals surface area contributed by atoms with Crippen LogP contribution in [0.4, 0.5) is 4.39 Å². The standard InChI is InChI=1S/C18H19FN2O3/c19-17-9-14(22)5-6-16(17)18(23)21(12-15-4-2-8-24-15)11-13-3-1-7-20-10-13/h1,3,5-7,9-10,15,22H,2,4,8,11-12H2. The third kappa shape index (κ3) is 3.89. The Morgan fingerprint density at radius 1 is 1.42 bits per heavy atom. The maximum atomic E-state index is 14.1. The summed E-state index contributed by atoms with van der Waals surface area (Å²) in [6, 6.07) is 7.23. The number of aromatic nitrogens is 1. The summed E-state index contributed by atoms with van der Waals surface area (Å²) in [5.74, 6) is -1.36. The number of rotatable bonds is 5. The van der Waals surface area contributed by atoms with Gasteiger partial charge in [-0.25, -0.2) is 4.39 Å². The van der Waals surface area contributed by atoms with Crippen LogP contribution in [0, 0.1) is 5.82 Å². The lowest BCUT2D eigenvalue weighted by Crippen LogP contribution is -2.37. The van der Waals surface area contributed by atoms with Crippen LogP contribution in [0.1, 0.15) is 28.8 Å². The molecule has 1 N–H and O–H groups in total. The van der Waals surface area contributed by atoms with Crippen molar-refractivity contribution in [3.8, 4) is 5.75 Å². The number of nitrogens with zero attached hydrogens (tertiary/aromatic N) is 2. The molecule has 3 rings (SSSR count). The molecule has 126 valence electrons. The second-order valence-corrected chi connectivity index (χ2v) is 5.85. The Balaban J connectivity index is 1.83. The normalized spacial score (nSPS) is 17.0. The van der Waals surface area contributed by atoms with Crippen LogP contribution in [0.25, 0.3) is 0 Å². The van der Waals surface area contributed by atoms with Crippen LogP contribution < -0.4 is 0 Å². The molecule has 1 aliphatic heterocycles. The van der Waals surface area contributed by atoms with Gasteiger partial charge >= 0.3 is 0 Å². The van der Waals surface area contributed by atoms with Crippen LogP contribution >= 0.6 is 0 Å². The highest BCUT2D eigenvalue weighted by molar-refractivity contribution is 5.94. The fourth-order valence-electron chi connectivity index (χ4n) is 2.81. The summed E-state index contributed by atoms with van der Waals surface area (Å²) in [5.41, 5.74) is 0.803. The lowest BCUT2D eigenvalue weighted by Gasteiger charge is -2.26. The topological polar surface area (TPSA) is 62.7 Å². The molecule has 1 aromatic carbocycles. The molecule has 0 aliphatic carbocycles. The summed E-state index contributed by atoms with van der Waals surface area (Å²) in [5, 5.41) is 9.33. The van der Waals surface area contributed by atoms with Crippen molar-refractivity contribution in [1.29, 1.82) is 0 Å². The van der Waals surface area contributed by atoms with Gasteiger partial charge in [-0.1, -0.05) is 6.07 Å². The number of aromatic hydroxyl groups is 1.